The Morgan fingerprint density at radius 1 is 0.885 bits per heavy atom. The first-order valence-corrected chi connectivity index (χ1v) is 9.61. The smallest absolute Gasteiger partial charge is 0.0903 e. The Labute approximate surface area is 156 Å². The summed E-state index contributed by atoms with van der Waals surface area (Å²) in [6.07, 6.45) is 2.06. The van der Waals surface area contributed by atoms with E-state index in [1.54, 1.807) is 0 Å². The van der Waals surface area contributed by atoms with Crippen molar-refractivity contribution in [2.45, 2.75) is 31.9 Å². The van der Waals surface area contributed by atoms with Crippen molar-refractivity contribution in [3.63, 3.8) is 0 Å². The standard InChI is InChI=1S/C24H27NO/c1-24(26,23-13-7-11-20-10-5-6-12-22(20)23)21-14-16-25(17-15-21)18-19-8-3-2-4-9-19/h2-13,21,26H,14-18H2,1H3. The topological polar surface area (TPSA) is 23.5 Å². The van der Waals surface area contributed by atoms with Gasteiger partial charge in [0.15, 0.2) is 0 Å². The van der Waals surface area contributed by atoms with Crippen molar-refractivity contribution in [3.8, 4) is 0 Å². The molecule has 1 heterocycles. The number of fused-ring (bicyclic) bond motifs is 1. The number of piperidine rings is 1. The van der Waals surface area contributed by atoms with Crippen LogP contribution in [0.2, 0.25) is 0 Å². The van der Waals surface area contributed by atoms with Crippen LogP contribution in [0, 0.1) is 5.92 Å². The van der Waals surface area contributed by atoms with Crippen molar-refractivity contribution in [2.24, 2.45) is 5.92 Å². The first-order valence-electron chi connectivity index (χ1n) is 9.61. The maximum Gasteiger partial charge on any atom is 0.0903 e. The summed E-state index contributed by atoms with van der Waals surface area (Å²) in [5.74, 6) is 0.292. The zero-order valence-electron chi connectivity index (χ0n) is 15.4. The second-order valence-electron chi connectivity index (χ2n) is 7.71. The first kappa shape index (κ1) is 17.3. The van der Waals surface area contributed by atoms with Crippen LogP contribution in [0.15, 0.2) is 72.8 Å². The normalized spacial score (nSPS) is 18.7. The van der Waals surface area contributed by atoms with Gasteiger partial charge in [-0.05, 0) is 60.7 Å². The molecule has 0 saturated carbocycles. The first-order chi connectivity index (χ1) is 12.6. The van der Waals surface area contributed by atoms with Gasteiger partial charge in [-0.15, -0.1) is 0 Å². The third-order valence-electron chi connectivity index (χ3n) is 5.97. The lowest BCUT2D eigenvalue weighted by atomic mass is 9.76. The minimum Gasteiger partial charge on any atom is -0.385 e. The van der Waals surface area contributed by atoms with E-state index < -0.39 is 5.60 Å². The van der Waals surface area contributed by atoms with E-state index in [2.05, 4.69) is 77.7 Å². The molecule has 2 heteroatoms. The predicted octanol–water partition coefficient (Wildman–Crippen LogP) is 4.96. The van der Waals surface area contributed by atoms with Crippen molar-refractivity contribution in [3.05, 3.63) is 83.9 Å². The molecular weight excluding hydrogens is 318 g/mol. The number of likely N-dealkylation sites (tertiary alicyclic amines) is 1. The Morgan fingerprint density at radius 2 is 1.54 bits per heavy atom. The minimum atomic E-state index is -0.792. The molecule has 0 radical (unpaired) electrons. The van der Waals surface area contributed by atoms with Crippen molar-refractivity contribution in [1.82, 2.24) is 4.90 Å². The fourth-order valence-electron chi connectivity index (χ4n) is 4.38. The van der Waals surface area contributed by atoms with Crippen LogP contribution in [-0.4, -0.2) is 23.1 Å². The highest BCUT2D eigenvalue weighted by Crippen LogP contribution is 2.39. The van der Waals surface area contributed by atoms with E-state index in [1.807, 2.05) is 6.92 Å². The summed E-state index contributed by atoms with van der Waals surface area (Å²) >= 11 is 0. The molecule has 0 bridgehead atoms. The van der Waals surface area contributed by atoms with E-state index in [-0.39, 0.29) is 0 Å². The van der Waals surface area contributed by atoms with Crippen LogP contribution < -0.4 is 0 Å². The molecule has 2 nitrogen and oxygen atoms in total. The fraction of sp³-hybridized carbons (Fsp3) is 0.333. The zero-order chi connectivity index (χ0) is 18.0. The molecule has 1 aliphatic rings. The van der Waals surface area contributed by atoms with Gasteiger partial charge in [-0.3, -0.25) is 4.90 Å². The highest BCUT2D eigenvalue weighted by atomic mass is 16.3. The molecule has 0 aliphatic carbocycles. The Balaban J connectivity index is 1.49. The van der Waals surface area contributed by atoms with Crippen LogP contribution >= 0.6 is 0 Å². The van der Waals surface area contributed by atoms with E-state index in [0.717, 1.165) is 38.0 Å². The molecule has 1 fully saturated rings. The molecule has 3 aromatic rings. The molecule has 26 heavy (non-hydrogen) atoms. The van der Waals surface area contributed by atoms with Crippen molar-refractivity contribution in [2.75, 3.05) is 13.1 Å². The third kappa shape index (κ3) is 3.40. The Bertz CT molecular complexity index is 858. The SMILES string of the molecule is CC(O)(c1cccc2ccccc12)C1CCN(Cc2ccccc2)CC1. The van der Waals surface area contributed by atoms with Crippen LogP contribution in [0.25, 0.3) is 10.8 Å². The van der Waals surface area contributed by atoms with Gasteiger partial charge in [0.2, 0.25) is 0 Å². The van der Waals surface area contributed by atoms with E-state index in [0.29, 0.717) is 5.92 Å². The van der Waals surface area contributed by atoms with Gasteiger partial charge < -0.3 is 5.11 Å². The van der Waals surface area contributed by atoms with E-state index in [4.69, 9.17) is 0 Å². The van der Waals surface area contributed by atoms with Gasteiger partial charge in [0, 0.05) is 6.54 Å². The zero-order valence-corrected chi connectivity index (χ0v) is 15.4. The molecule has 3 aromatic carbocycles. The van der Waals surface area contributed by atoms with E-state index in [9.17, 15) is 5.11 Å². The molecule has 1 atom stereocenters. The largest absolute Gasteiger partial charge is 0.385 e. The van der Waals surface area contributed by atoms with Crippen LogP contribution in [-0.2, 0) is 12.1 Å². The highest BCUT2D eigenvalue weighted by Gasteiger charge is 2.36. The monoisotopic (exact) mass is 345 g/mol. The Morgan fingerprint density at radius 3 is 2.31 bits per heavy atom. The van der Waals surface area contributed by atoms with Crippen LogP contribution in [0.5, 0.6) is 0 Å². The molecule has 0 amide bonds. The summed E-state index contributed by atoms with van der Waals surface area (Å²) in [6.45, 7) is 5.09. The lowest BCUT2D eigenvalue weighted by Crippen LogP contribution is -2.41. The lowest BCUT2D eigenvalue weighted by Gasteiger charge is -2.40. The second-order valence-corrected chi connectivity index (χ2v) is 7.71. The molecular formula is C24H27NO. The van der Waals surface area contributed by atoms with Gasteiger partial charge in [0.1, 0.15) is 0 Å². The average molecular weight is 345 g/mol. The molecule has 134 valence electrons. The number of rotatable bonds is 4. The van der Waals surface area contributed by atoms with Crippen LogP contribution in [0.1, 0.15) is 30.9 Å². The molecule has 1 unspecified atom stereocenters. The van der Waals surface area contributed by atoms with E-state index >= 15 is 0 Å². The van der Waals surface area contributed by atoms with Crippen molar-refractivity contribution < 1.29 is 5.11 Å². The summed E-state index contributed by atoms with van der Waals surface area (Å²) in [7, 11) is 0. The van der Waals surface area contributed by atoms with Crippen LogP contribution in [0.4, 0.5) is 0 Å². The third-order valence-corrected chi connectivity index (χ3v) is 5.97. The summed E-state index contributed by atoms with van der Waals surface area (Å²) in [5.41, 5.74) is 1.64. The Hall–Kier alpha value is -2.16. The quantitative estimate of drug-likeness (QED) is 0.722. The summed E-state index contributed by atoms with van der Waals surface area (Å²) in [6, 6.07) is 25.3. The number of hydrogen-bond donors (Lipinski definition) is 1. The predicted molar refractivity (Wildman–Crippen MR) is 108 cm³/mol. The summed E-state index contributed by atoms with van der Waals surface area (Å²) in [4.78, 5) is 2.50. The number of hydrogen-bond acceptors (Lipinski definition) is 2. The highest BCUT2D eigenvalue weighted by molar-refractivity contribution is 5.86. The molecule has 1 aliphatic heterocycles. The number of benzene rings is 3. The molecule has 0 spiro atoms. The molecule has 0 aromatic heterocycles. The molecule has 1 saturated heterocycles. The Kier molecular flexibility index (Phi) is 4.80. The van der Waals surface area contributed by atoms with Gasteiger partial charge in [-0.1, -0.05) is 72.8 Å². The second kappa shape index (κ2) is 7.22. The van der Waals surface area contributed by atoms with Gasteiger partial charge in [-0.25, -0.2) is 0 Å². The fourth-order valence-corrected chi connectivity index (χ4v) is 4.38. The van der Waals surface area contributed by atoms with Gasteiger partial charge in [0.25, 0.3) is 0 Å². The number of nitrogens with zero attached hydrogens (tertiary/aromatic N) is 1. The van der Waals surface area contributed by atoms with Gasteiger partial charge in [0.05, 0.1) is 5.60 Å². The van der Waals surface area contributed by atoms with Crippen LogP contribution in [0.3, 0.4) is 0 Å². The lowest BCUT2D eigenvalue weighted by molar-refractivity contribution is -0.0327. The van der Waals surface area contributed by atoms with Crippen molar-refractivity contribution >= 4 is 10.8 Å². The minimum absolute atomic E-state index is 0.292. The summed E-state index contributed by atoms with van der Waals surface area (Å²) in [5, 5.41) is 13.8. The maximum atomic E-state index is 11.5. The van der Waals surface area contributed by atoms with Crippen molar-refractivity contribution in [1.29, 1.82) is 0 Å². The molecule has 1 N–H and O–H groups in total. The molecule has 4 rings (SSSR count). The number of aliphatic hydroxyl groups is 1. The van der Waals surface area contributed by atoms with Gasteiger partial charge >= 0.3 is 0 Å². The van der Waals surface area contributed by atoms with Gasteiger partial charge in [-0.2, -0.15) is 0 Å². The average Bonchev–Trinajstić information content (AvgIpc) is 2.69. The summed E-state index contributed by atoms with van der Waals surface area (Å²) < 4.78 is 0. The van der Waals surface area contributed by atoms with E-state index in [1.165, 1.54) is 16.3 Å². The maximum absolute atomic E-state index is 11.5.